The summed E-state index contributed by atoms with van der Waals surface area (Å²) in [5.74, 6) is 1.49. The largest absolute Gasteiger partial charge is 0.490 e. The Kier molecular flexibility index (Phi) is 7.07. The van der Waals surface area contributed by atoms with Crippen molar-refractivity contribution in [1.82, 2.24) is 14.7 Å². The molecule has 6 nitrogen and oxygen atoms in total. The number of amides is 1. The van der Waals surface area contributed by atoms with Crippen LogP contribution < -0.4 is 14.8 Å². The third-order valence-corrected chi connectivity index (χ3v) is 5.93. The Balaban J connectivity index is 1.35. The lowest BCUT2D eigenvalue weighted by Crippen LogP contribution is -2.27. The minimum atomic E-state index is -0.00405. The standard InChI is InChI=1S/C25H27N3O3S/c1-3-30-22-11-10-18(14-23(22)31-4-2)12-13-26-24(29)15-20-17-32-25-27-21(16-28(20)25)19-8-6-5-7-9-19/h5-11,14,16-17H,3-4,12-13,15H2,1-2H3,(H,26,29). The second-order valence-corrected chi connectivity index (χ2v) is 8.13. The molecule has 2 aromatic heterocycles. The van der Waals surface area contributed by atoms with Crippen LogP contribution in [0, 0.1) is 0 Å². The van der Waals surface area contributed by atoms with Gasteiger partial charge in [0.1, 0.15) is 0 Å². The first-order valence-corrected chi connectivity index (χ1v) is 11.7. The highest BCUT2D eigenvalue weighted by atomic mass is 32.1. The Labute approximate surface area is 191 Å². The van der Waals surface area contributed by atoms with E-state index in [4.69, 9.17) is 9.47 Å². The van der Waals surface area contributed by atoms with Gasteiger partial charge in [-0.15, -0.1) is 11.3 Å². The number of carbonyl (C=O) groups excluding carboxylic acids is 1. The molecule has 0 unspecified atom stereocenters. The number of carbonyl (C=O) groups is 1. The molecule has 0 aliphatic rings. The lowest BCUT2D eigenvalue weighted by atomic mass is 10.1. The number of nitrogens with one attached hydrogen (secondary N) is 1. The highest BCUT2D eigenvalue weighted by Gasteiger charge is 2.13. The van der Waals surface area contributed by atoms with E-state index in [0.717, 1.165) is 45.4 Å². The highest BCUT2D eigenvalue weighted by molar-refractivity contribution is 7.15. The molecule has 0 atom stereocenters. The summed E-state index contributed by atoms with van der Waals surface area (Å²) < 4.78 is 13.3. The molecule has 0 bridgehead atoms. The van der Waals surface area contributed by atoms with Gasteiger partial charge < -0.3 is 14.8 Å². The van der Waals surface area contributed by atoms with E-state index in [1.54, 1.807) is 11.3 Å². The average molecular weight is 450 g/mol. The van der Waals surface area contributed by atoms with Gasteiger partial charge in [-0.2, -0.15) is 0 Å². The smallest absolute Gasteiger partial charge is 0.225 e. The molecule has 2 aromatic carbocycles. The quantitative estimate of drug-likeness (QED) is 0.379. The van der Waals surface area contributed by atoms with Crippen molar-refractivity contribution in [1.29, 1.82) is 0 Å². The number of fused-ring (bicyclic) bond motifs is 1. The van der Waals surface area contributed by atoms with Crippen LogP contribution in [-0.2, 0) is 17.6 Å². The Morgan fingerprint density at radius 1 is 1.06 bits per heavy atom. The van der Waals surface area contributed by atoms with Gasteiger partial charge in [0.2, 0.25) is 5.91 Å². The van der Waals surface area contributed by atoms with Crippen molar-refractivity contribution in [3.63, 3.8) is 0 Å². The summed E-state index contributed by atoms with van der Waals surface area (Å²) >= 11 is 1.55. The number of hydrogen-bond donors (Lipinski definition) is 1. The summed E-state index contributed by atoms with van der Waals surface area (Å²) in [7, 11) is 0. The van der Waals surface area contributed by atoms with Gasteiger partial charge in [0.15, 0.2) is 16.5 Å². The van der Waals surface area contributed by atoms with E-state index < -0.39 is 0 Å². The molecule has 166 valence electrons. The Morgan fingerprint density at radius 3 is 2.62 bits per heavy atom. The Bertz CT molecular complexity index is 1180. The number of ether oxygens (including phenoxy) is 2. The molecule has 7 heteroatoms. The summed E-state index contributed by atoms with van der Waals surface area (Å²) in [6.45, 7) is 5.63. The lowest BCUT2D eigenvalue weighted by molar-refractivity contribution is -0.120. The van der Waals surface area contributed by atoms with E-state index in [-0.39, 0.29) is 5.91 Å². The molecular weight excluding hydrogens is 422 g/mol. The van der Waals surface area contributed by atoms with Crippen molar-refractivity contribution in [2.75, 3.05) is 19.8 Å². The van der Waals surface area contributed by atoms with Crippen molar-refractivity contribution in [2.24, 2.45) is 0 Å². The first kappa shape index (κ1) is 21.9. The van der Waals surface area contributed by atoms with Crippen LogP contribution in [-0.4, -0.2) is 35.1 Å². The van der Waals surface area contributed by atoms with Gasteiger partial charge in [-0.3, -0.25) is 9.20 Å². The maximum absolute atomic E-state index is 12.5. The van der Waals surface area contributed by atoms with Gasteiger partial charge in [-0.25, -0.2) is 4.98 Å². The van der Waals surface area contributed by atoms with Crippen LogP contribution in [0.4, 0.5) is 0 Å². The summed E-state index contributed by atoms with van der Waals surface area (Å²) in [6, 6.07) is 16.0. The fraction of sp³-hybridized carbons (Fsp3) is 0.280. The highest BCUT2D eigenvalue weighted by Crippen LogP contribution is 2.28. The fourth-order valence-corrected chi connectivity index (χ4v) is 4.40. The summed E-state index contributed by atoms with van der Waals surface area (Å²) in [6.07, 6.45) is 3.04. The van der Waals surface area contributed by atoms with Crippen LogP contribution in [0.1, 0.15) is 25.1 Å². The van der Waals surface area contributed by atoms with Crippen LogP contribution in [0.5, 0.6) is 11.5 Å². The molecular formula is C25H27N3O3S. The predicted octanol–water partition coefficient (Wildman–Crippen LogP) is 4.76. The third kappa shape index (κ3) is 5.11. The molecule has 0 radical (unpaired) electrons. The molecule has 1 N–H and O–H groups in total. The number of benzene rings is 2. The number of nitrogens with zero attached hydrogens (tertiary/aromatic N) is 2. The number of imidazole rings is 1. The Morgan fingerprint density at radius 2 is 1.84 bits per heavy atom. The van der Waals surface area contributed by atoms with Gasteiger partial charge in [0, 0.05) is 29.4 Å². The minimum absolute atomic E-state index is 0.00405. The third-order valence-electron chi connectivity index (χ3n) is 5.04. The summed E-state index contributed by atoms with van der Waals surface area (Å²) in [5.41, 5.74) is 4.02. The van der Waals surface area contributed by atoms with Crippen LogP contribution in [0.3, 0.4) is 0 Å². The number of thiazole rings is 1. The second kappa shape index (κ2) is 10.3. The molecule has 32 heavy (non-hydrogen) atoms. The molecule has 0 saturated carbocycles. The van der Waals surface area contributed by atoms with E-state index in [1.165, 1.54) is 0 Å². The summed E-state index contributed by atoms with van der Waals surface area (Å²) in [5, 5.41) is 5.02. The first-order valence-electron chi connectivity index (χ1n) is 10.8. The lowest BCUT2D eigenvalue weighted by Gasteiger charge is -2.12. The van der Waals surface area contributed by atoms with Gasteiger partial charge in [0.25, 0.3) is 0 Å². The topological polar surface area (TPSA) is 64.9 Å². The van der Waals surface area contributed by atoms with Crippen LogP contribution in [0.25, 0.3) is 16.2 Å². The SMILES string of the molecule is CCOc1ccc(CCNC(=O)Cc2csc3nc(-c4ccccc4)cn23)cc1OCC. The zero-order chi connectivity index (χ0) is 22.3. The van der Waals surface area contributed by atoms with Crippen LogP contribution >= 0.6 is 11.3 Å². The van der Waals surface area contributed by atoms with Crippen molar-refractivity contribution < 1.29 is 14.3 Å². The van der Waals surface area contributed by atoms with Gasteiger partial charge in [-0.05, 0) is 38.0 Å². The fourth-order valence-electron chi connectivity index (χ4n) is 3.53. The molecule has 4 rings (SSSR count). The average Bonchev–Trinajstić information content (AvgIpc) is 3.38. The van der Waals surface area contributed by atoms with Gasteiger partial charge in [0.05, 0.1) is 25.3 Å². The molecule has 0 spiro atoms. The van der Waals surface area contributed by atoms with Gasteiger partial charge in [-0.1, -0.05) is 36.4 Å². The molecule has 0 aliphatic carbocycles. The maximum atomic E-state index is 12.5. The molecule has 1 amide bonds. The van der Waals surface area contributed by atoms with Crippen molar-refractivity contribution >= 4 is 22.2 Å². The number of aromatic nitrogens is 2. The van der Waals surface area contributed by atoms with E-state index in [9.17, 15) is 4.79 Å². The Hall–Kier alpha value is -3.32. The molecule has 2 heterocycles. The summed E-state index contributed by atoms with van der Waals surface area (Å²) in [4.78, 5) is 18.1. The molecule has 0 aliphatic heterocycles. The van der Waals surface area contributed by atoms with Crippen molar-refractivity contribution in [2.45, 2.75) is 26.7 Å². The van der Waals surface area contributed by atoms with E-state index in [2.05, 4.69) is 10.3 Å². The van der Waals surface area contributed by atoms with Crippen LogP contribution in [0.15, 0.2) is 60.1 Å². The second-order valence-electron chi connectivity index (χ2n) is 7.30. The van der Waals surface area contributed by atoms with Crippen LogP contribution in [0.2, 0.25) is 0 Å². The number of rotatable bonds is 10. The number of hydrogen-bond acceptors (Lipinski definition) is 5. The normalized spacial score (nSPS) is 10.9. The van der Waals surface area contributed by atoms with Gasteiger partial charge >= 0.3 is 0 Å². The predicted molar refractivity (Wildman–Crippen MR) is 128 cm³/mol. The zero-order valence-corrected chi connectivity index (χ0v) is 19.2. The molecule has 4 aromatic rings. The van der Waals surface area contributed by atoms with E-state index >= 15 is 0 Å². The van der Waals surface area contributed by atoms with Crippen molar-refractivity contribution in [3.05, 3.63) is 71.4 Å². The van der Waals surface area contributed by atoms with Crippen molar-refractivity contribution in [3.8, 4) is 22.8 Å². The van der Waals surface area contributed by atoms with E-state index in [0.29, 0.717) is 26.2 Å². The van der Waals surface area contributed by atoms with E-state index in [1.807, 2.05) is 78.4 Å². The zero-order valence-electron chi connectivity index (χ0n) is 18.3. The first-order chi connectivity index (χ1) is 15.7. The monoisotopic (exact) mass is 449 g/mol. The molecule has 0 fully saturated rings. The molecule has 0 saturated heterocycles. The minimum Gasteiger partial charge on any atom is -0.490 e. The maximum Gasteiger partial charge on any atom is 0.225 e.